The Kier molecular flexibility index (Phi) is 3.13. The lowest BCUT2D eigenvalue weighted by molar-refractivity contribution is -0.387. The predicted molar refractivity (Wildman–Crippen MR) is 63.5 cm³/mol. The number of hydrogen-bond acceptors (Lipinski definition) is 2. The van der Waals surface area contributed by atoms with E-state index in [9.17, 15) is 14.5 Å². The minimum Gasteiger partial charge on any atom is -0.258 e. The first kappa shape index (κ1) is 12.0. The van der Waals surface area contributed by atoms with Crippen molar-refractivity contribution in [2.75, 3.05) is 0 Å². The van der Waals surface area contributed by atoms with Gasteiger partial charge in [0.25, 0.3) is 0 Å². The molecule has 1 aromatic rings. The highest BCUT2D eigenvalue weighted by molar-refractivity contribution is 5.39. The Balaban J connectivity index is 2.38. The third-order valence-corrected chi connectivity index (χ3v) is 3.80. The molecule has 0 atom stereocenters. The van der Waals surface area contributed by atoms with Crippen LogP contribution in [0.5, 0.6) is 0 Å². The monoisotopic (exact) mass is 237 g/mol. The molecule has 0 spiro atoms. The van der Waals surface area contributed by atoms with E-state index in [0.717, 1.165) is 31.2 Å². The van der Waals surface area contributed by atoms with Crippen LogP contribution in [0.2, 0.25) is 0 Å². The summed E-state index contributed by atoms with van der Waals surface area (Å²) in [6, 6.07) is 4.31. The second kappa shape index (κ2) is 4.43. The largest absolute Gasteiger partial charge is 0.305 e. The molecule has 0 N–H and O–H groups in total. The predicted octanol–water partition coefficient (Wildman–Crippen LogP) is 3.96. The van der Waals surface area contributed by atoms with Crippen molar-refractivity contribution in [1.82, 2.24) is 0 Å². The SMILES string of the molecule is CC1(c2ccc(F)c([N+](=O)[O-])c2)CCCCC1. The Labute approximate surface area is 99.8 Å². The zero-order valence-corrected chi connectivity index (χ0v) is 9.91. The van der Waals surface area contributed by atoms with Gasteiger partial charge < -0.3 is 0 Å². The van der Waals surface area contributed by atoms with Gasteiger partial charge in [-0.2, -0.15) is 4.39 Å². The highest BCUT2D eigenvalue weighted by atomic mass is 19.1. The zero-order valence-electron chi connectivity index (χ0n) is 9.91. The molecule has 1 fully saturated rings. The molecule has 0 bridgehead atoms. The van der Waals surface area contributed by atoms with Crippen LogP contribution < -0.4 is 0 Å². The lowest BCUT2D eigenvalue weighted by atomic mass is 9.71. The summed E-state index contributed by atoms with van der Waals surface area (Å²) in [6.07, 6.45) is 5.55. The molecule has 3 nitrogen and oxygen atoms in total. The molecule has 1 aliphatic carbocycles. The van der Waals surface area contributed by atoms with Crippen molar-refractivity contribution < 1.29 is 9.31 Å². The third-order valence-electron chi connectivity index (χ3n) is 3.80. The molecular weight excluding hydrogens is 221 g/mol. The van der Waals surface area contributed by atoms with Crippen molar-refractivity contribution in [3.05, 3.63) is 39.7 Å². The second-order valence-electron chi connectivity index (χ2n) is 5.04. The van der Waals surface area contributed by atoms with Crippen LogP contribution in [0.4, 0.5) is 10.1 Å². The number of nitro groups is 1. The maximum atomic E-state index is 13.3. The second-order valence-corrected chi connectivity index (χ2v) is 5.04. The van der Waals surface area contributed by atoms with E-state index in [0.29, 0.717) is 0 Å². The van der Waals surface area contributed by atoms with E-state index in [2.05, 4.69) is 6.92 Å². The van der Waals surface area contributed by atoms with Crippen molar-refractivity contribution in [3.8, 4) is 0 Å². The van der Waals surface area contributed by atoms with E-state index >= 15 is 0 Å². The number of nitro benzene ring substituents is 1. The molecule has 0 aromatic heterocycles. The van der Waals surface area contributed by atoms with Gasteiger partial charge in [-0.25, -0.2) is 0 Å². The van der Waals surface area contributed by atoms with Crippen LogP contribution in [-0.2, 0) is 5.41 Å². The van der Waals surface area contributed by atoms with Crippen molar-refractivity contribution in [1.29, 1.82) is 0 Å². The topological polar surface area (TPSA) is 43.1 Å². The number of nitrogens with zero attached hydrogens (tertiary/aromatic N) is 1. The average molecular weight is 237 g/mol. The molecule has 1 saturated carbocycles. The van der Waals surface area contributed by atoms with Gasteiger partial charge in [-0.3, -0.25) is 10.1 Å². The molecule has 2 rings (SSSR count). The van der Waals surface area contributed by atoms with E-state index < -0.39 is 16.4 Å². The Morgan fingerprint density at radius 2 is 1.94 bits per heavy atom. The van der Waals surface area contributed by atoms with Gasteiger partial charge in [0.15, 0.2) is 0 Å². The van der Waals surface area contributed by atoms with E-state index in [4.69, 9.17) is 0 Å². The molecule has 92 valence electrons. The van der Waals surface area contributed by atoms with Gasteiger partial charge in [-0.15, -0.1) is 0 Å². The van der Waals surface area contributed by atoms with Crippen LogP contribution in [0.3, 0.4) is 0 Å². The van der Waals surface area contributed by atoms with Crippen molar-refractivity contribution in [2.45, 2.75) is 44.4 Å². The number of halogens is 1. The molecule has 0 radical (unpaired) electrons. The summed E-state index contributed by atoms with van der Waals surface area (Å²) < 4.78 is 13.3. The van der Waals surface area contributed by atoms with Gasteiger partial charge >= 0.3 is 5.69 Å². The van der Waals surface area contributed by atoms with Gasteiger partial charge in [-0.1, -0.05) is 32.3 Å². The number of benzene rings is 1. The number of rotatable bonds is 2. The van der Waals surface area contributed by atoms with Gasteiger partial charge in [0, 0.05) is 6.07 Å². The first-order chi connectivity index (χ1) is 8.03. The first-order valence-electron chi connectivity index (χ1n) is 5.97. The maximum Gasteiger partial charge on any atom is 0.305 e. The van der Waals surface area contributed by atoms with Crippen LogP contribution in [0.1, 0.15) is 44.6 Å². The molecular formula is C13H16FNO2. The highest BCUT2D eigenvalue weighted by Gasteiger charge is 2.30. The summed E-state index contributed by atoms with van der Waals surface area (Å²) in [4.78, 5) is 10.1. The van der Waals surface area contributed by atoms with Crippen LogP contribution in [0.25, 0.3) is 0 Å². The highest BCUT2D eigenvalue weighted by Crippen LogP contribution is 2.40. The lowest BCUT2D eigenvalue weighted by Gasteiger charge is -2.34. The van der Waals surface area contributed by atoms with Crippen LogP contribution in [0.15, 0.2) is 18.2 Å². The minimum atomic E-state index is -0.752. The fourth-order valence-electron chi connectivity index (χ4n) is 2.65. The Bertz CT molecular complexity index is 439. The average Bonchev–Trinajstić information content (AvgIpc) is 2.30. The van der Waals surface area contributed by atoms with Crippen LogP contribution >= 0.6 is 0 Å². The number of hydrogen-bond donors (Lipinski definition) is 0. The molecule has 1 aliphatic rings. The normalized spacial score (nSPS) is 18.9. The summed E-state index contributed by atoms with van der Waals surface area (Å²) in [5.41, 5.74) is 0.455. The molecule has 4 heteroatoms. The molecule has 0 heterocycles. The summed E-state index contributed by atoms with van der Waals surface area (Å²) in [7, 11) is 0. The summed E-state index contributed by atoms with van der Waals surface area (Å²) in [5, 5.41) is 10.7. The van der Waals surface area contributed by atoms with Crippen LogP contribution in [-0.4, -0.2) is 4.92 Å². The zero-order chi connectivity index (χ0) is 12.5. The van der Waals surface area contributed by atoms with E-state index in [-0.39, 0.29) is 5.41 Å². The third kappa shape index (κ3) is 2.30. The minimum absolute atomic E-state index is 0.0310. The van der Waals surface area contributed by atoms with E-state index in [1.54, 1.807) is 6.07 Å². The van der Waals surface area contributed by atoms with Crippen molar-refractivity contribution in [3.63, 3.8) is 0 Å². The first-order valence-corrected chi connectivity index (χ1v) is 5.97. The van der Waals surface area contributed by atoms with Gasteiger partial charge in [-0.05, 0) is 29.9 Å². The van der Waals surface area contributed by atoms with Gasteiger partial charge in [0.05, 0.1) is 4.92 Å². The Morgan fingerprint density at radius 1 is 1.29 bits per heavy atom. The van der Waals surface area contributed by atoms with E-state index in [1.165, 1.54) is 18.6 Å². The molecule has 1 aromatic carbocycles. The fraction of sp³-hybridized carbons (Fsp3) is 0.538. The Morgan fingerprint density at radius 3 is 2.53 bits per heavy atom. The molecule has 0 aliphatic heterocycles. The van der Waals surface area contributed by atoms with Crippen LogP contribution in [0, 0.1) is 15.9 Å². The molecule has 0 saturated heterocycles. The fourth-order valence-corrected chi connectivity index (χ4v) is 2.65. The quantitative estimate of drug-likeness (QED) is 0.577. The van der Waals surface area contributed by atoms with Gasteiger partial charge in [0.1, 0.15) is 0 Å². The summed E-state index contributed by atoms with van der Waals surface area (Å²) in [6.45, 7) is 2.11. The maximum absolute atomic E-state index is 13.3. The molecule has 17 heavy (non-hydrogen) atoms. The molecule has 0 unspecified atom stereocenters. The summed E-state index contributed by atoms with van der Waals surface area (Å²) >= 11 is 0. The smallest absolute Gasteiger partial charge is 0.258 e. The Hall–Kier alpha value is -1.45. The standard InChI is InChI=1S/C13H16FNO2/c1-13(7-3-2-4-8-13)10-5-6-11(14)12(9-10)15(16)17/h5-6,9H,2-4,7-8H2,1H3. The molecule has 0 amide bonds. The van der Waals surface area contributed by atoms with Crippen molar-refractivity contribution >= 4 is 5.69 Å². The van der Waals surface area contributed by atoms with Crippen molar-refractivity contribution in [2.24, 2.45) is 0 Å². The van der Waals surface area contributed by atoms with E-state index in [1.807, 2.05) is 0 Å². The van der Waals surface area contributed by atoms with Gasteiger partial charge in [0.2, 0.25) is 5.82 Å². The lowest BCUT2D eigenvalue weighted by Crippen LogP contribution is -2.25. The summed E-state index contributed by atoms with van der Waals surface area (Å²) in [5.74, 6) is -0.752.